The fourth-order valence-corrected chi connectivity index (χ4v) is 2.41. The second-order valence-electron chi connectivity index (χ2n) is 5.82. The fourth-order valence-electron chi connectivity index (χ4n) is 2.41. The Balaban J connectivity index is 2.10. The van der Waals surface area contributed by atoms with Crippen LogP contribution in [-0.4, -0.2) is 26.2 Å². The maximum absolute atomic E-state index is 12.5. The number of amides is 1. The predicted octanol–water partition coefficient (Wildman–Crippen LogP) is 4.12. The number of nitrogens with one attached hydrogen (secondary N) is 1. The molecule has 0 aliphatic heterocycles. The van der Waals surface area contributed by atoms with Gasteiger partial charge in [-0.1, -0.05) is 13.0 Å². The van der Waals surface area contributed by atoms with E-state index in [2.05, 4.69) is 5.32 Å². The molecule has 0 spiro atoms. The second-order valence-corrected chi connectivity index (χ2v) is 5.82. The first-order valence-corrected chi connectivity index (χ1v) is 8.25. The van der Waals surface area contributed by atoms with Crippen LogP contribution in [0, 0.1) is 13.8 Å². The van der Waals surface area contributed by atoms with Gasteiger partial charge in [0.1, 0.15) is 5.75 Å². The Morgan fingerprint density at radius 3 is 2.32 bits per heavy atom. The lowest BCUT2D eigenvalue weighted by atomic mass is 10.1. The van der Waals surface area contributed by atoms with Crippen LogP contribution in [-0.2, 0) is 4.79 Å². The number of hydrogen-bond acceptors (Lipinski definition) is 4. The summed E-state index contributed by atoms with van der Waals surface area (Å²) in [5.41, 5.74) is 2.95. The molecule has 25 heavy (non-hydrogen) atoms. The predicted molar refractivity (Wildman–Crippen MR) is 98.8 cm³/mol. The molecule has 0 saturated heterocycles. The molecular formula is C20H25NO4. The number of rotatable bonds is 7. The summed E-state index contributed by atoms with van der Waals surface area (Å²) in [4.78, 5) is 12.5. The monoisotopic (exact) mass is 343 g/mol. The third kappa shape index (κ3) is 4.66. The van der Waals surface area contributed by atoms with Crippen molar-refractivity contribution >= 4 is 11.6 Å². The third-order valence-electron chi connectivity index (χ3n) is 4.07. The zero-order chi connectivity index (χ0) is 18.4. The highest BCUT2D eigenvalue weighted by atomic mass is 16.5. The number of anilines is 1. The minimum absolute atomic E-state index is 0.201. The van der Waals surface area contributed by atoms with Crippen LogP contribution in [0.25, 0.3) is 0 Å². The Kier molecular flexibility index (Phi) is 6.28. The molecular weight excluding hydrogens is 318 g/mol. The Morgan fingerprint density at radius 2 is 1.72 bits per heavy atom. The summed E-state index contributed by atoms with van der Waals surface area (Å²) in [5, 5.41) is 2.87. The van der Waals surface area contributed by atoms with Crippen molar-refractivity contribution in [1.29, 1.82) is 0 Å². The standard InChI is InChI=1S/C20H25NO4/c1-6-17(25-16-9-7-13(2)14(3)11-16)20(22)21-15-8-10-18(23-4)19(12-15)24-5/h7-12,17H,6H2,1-5H3,(H,21,22)/t17-/m0/s1. The summed E-state index contributed by atoms with van der Waals surface area (Å²) in [6.07, 6.45) is -0.0123. The van der Waals surface area contributed by atoms with Crippen LogP contribution in [0.1, 0.15) is 24.5 Å². The normalized spacial score (nSPS) is 11.6. The quantitative estimate of drug-likeness (QED) is 0.822. The minimum atomic E-state index is -0.574. The van der Waals surface area contributed by atoms with E-state index in [1.807, 2.05) is 39.0 Å². The van der Waals surface area contributed by atoms with Crippen molar-refractivity contribution < 1.29 is 19.0 Å². The van der Waals surface area contributed by atoms with Gasteiger partial charge in [-0.15, -0.1) is 0 Å². The molecule has 0 aromatic heterocycles. The average Bonchev–Trinajstić information content (AvgIpc) is 2.62. The Bertz CT molecular complexity index is 742. The first-order valence-electron chi connectivity index (χ1n) is 8.25. The maximum atomic E-state index is 12.5. The SMILES string of the molecule is CC[C@H](Oc1ccc(C)c(C)c1)C(=O)Nc1ccc(OC)c(OC)c1. The number of carbonyl (C=O) groups excluding carboxylic acids is 1. The van der Waals surface area contributed by atoms with Gasteiger partial charge in [-0.25, -0.2) is 0 Å². The van der Waals surface area contributed by atoms with Gasteiger partial charge in [0.15, 0.2) is 17.6 Å². The third-order valence-corrected chi connectivity index (χ3v) is 4.07. The number of aryl methyl sites for hydroxylation is 2. The summed E-state index contributed by atoms with van der Waals surface area (Å²) in [6.45, 7) is 5.98. The molecule has 5 heteroatoms. The van der Waals surface area contributed by atoms with E-state index in [0.717, 1.165) is 5.56 Å². The number of benzene rings is 2. The molecule has 0 fully saturated rings. The lowest BCUT2D eigenvalue weighted by Crippen LogP contribution is -2.32. The molecule has 5 nitrogen and oxygen atoms in total. The molecule has 0 heterocycles. The number of methoxy groups -OCH3 is 2. The minimum Gasteiger partial charge on any atom is -0.493 e. The summed E-state index contributed by atoms with van der Waals surface area (Å²) in [7, 11) is 3.13. The molecule has 0 bridgehead atoms. The zero-order valence-corrected chi connectivity index (χ0v) is 15.4. The lowest BCUT2D eigenvalue weighted by molar-refractivity contribution is -0.122. The summed E-state index contributed by atoms with van der Waals surface area (Å²) >= 11 is 0. The molecule has 0 radical (unpaired) electrons. The van der Waals surface area contributed by atoms with Crippen molar-refractivity contribution in [2.75, 3.05) is 19.5 Å². The van der Waals surface area contributed by atoms with Gasteiger partial charge >= 0.3 is 0 Å². The van der Waals surface area contributed by atoms with Crippen LogP contribution < -0.4 is 19.5 Å². The first kappa shape index (κ1) is 18.6. The van der Waals surface area contributed by atoms with Crippen molar-refractivity contribution in [2.45, 2.75) is 33.3 Å². The zero-order valence-electron chi connectivity index (χ0n) is 15.4. The van der Waals surface area contributed by atoms with Crippen LogP contribution in [0.4, 0.5) is 5.69 Å². The number of carbonyl (C=O) groups is 1. The first-order chi connectivity index (χ1) is 12.0. The van der Waals surface area contributed by atoms with E-state index in [4.69, 9.17) is 14.2 Å². The molecule has 2 rings (SSSR count). The smallest absolute Gasteiger partial charge is 0.265 e. The van der Waals surface area contributed by atoms with Gasteiger partial charge in [-0.05, 0) is 55.7 Å². The van der Waals surface area contributed by atoms with E-state index in [1.165, 1.54) is 5.56 Å². The molecule has 134 valence electrons. The molecule has 2 aromatic rings. The van der Waals surface area contributed by atoms with Gasteiger partial charge < -0.3 is 19.5 Å². The molecule has 0 aliphatic carbocycles. The molecule has 1 amide bonds. The van der Waals surface area contributed by atoms with Gasteiger partial charge in [0.25, 0.3) is 5.91 Å². The van der Waals surface area contributed by atoms with Gasteiger partial charge in [0, 0.05) is 11.8 Å². The Hall–Kier alpha value is -2.69. The highest BCUT2D eigenvalue weighted by Crippen LogP contribution is 2.30. The Labute approximate surface area is 148 Å². The van der Waals surface area contributed by atoms with Crippen LogP contribution in [0.2, 0.25) is 0 Å². The summed E-state index contributed by atoms with van der Waals surface area (Å²) < 4.78 is 16.3. The molecule has 0 aliphatic rings. The van der Waals surface area contributed by atoms with Crippen molar-refractivity contribution in [2.24, 2.45) is 0 Å². The number of ether oxygens (including phenoxy) is 3. The largest absolute Gasteiger partial charge is 0.493 e. The van der Waals surface area contributed by atoms with E-state index in [0.29, 0.717) is 29.4 Å². The maximum Gasteiger partial charge on any atom is 0.265 e. The van der Waals surface area contributed by atoms with Crippen LogP contribution in [0.3, 0.4) is 0 Å². The van der Waals surface area contributed by atoms with Crippen molar-refractivity contribution in [3.05, 3.63) is 47.5 Å². The van der Waals surface area contributed by atoms with Crippen LogP contribution in [0.5, 0.6) is 17.2 Å². The number of hydrogen-bond donors (Lipinski definition) is 1. The van der Waals surface area contributed by atoms with E-state index in [1.54, 1.807) is 32.4 Å². The molecule has 0 saturated carbocycles. The van der Waals surface area contributed by atoms with Gasteiger partial charge in [0.2, 0.25) is 0 Å². The lowest BCUT2D eigenvalue weighted by Gasteiger charge is -2.18. The molecule has 1 N–H and O–H groups in total. The highest BCUT2D eigenvalue weighted by Gasteiger charge is 2.19. The van der Waals surface area contributed by atoms with E-state index >= 15 is 0 Å². The van der Waals surface area contributed by atoms with Gasteiger partial charge in [0.05, 0.1) is 14.2 Å². The molecule has 0 unspecified atom stereocenters. The Morgan fingerprint density at radius 1 is 1.00 bits per heavy atom. The van der Waals surface area contributed by atoms with Crippen molar-refractivity contribution in [1.82, 2.24) is 0 Å². The average molecular weight is 343 g/mol. The fraction of sp³-hybridized carbons (Fsp3) is 0.350. The van der Waals surface area contributed by atoms with Gasteiger partial charge in [-0.3, -0.25) is 4.79 Å². The topological polar surface area (TPSA) is 56.8 Å². The molecule has 2 aromatic carbocycles. The van der Waals surface area contributed by atoms with Crippen LogP contribution >= 0.6 is 0 Å². The highest BCUT2D eigenvalue weighted by molar-refractivity contribution is 5.94. The molecule has 1 atom stereocenters. The van der Waals surface area contributed by atoms with E-state index in [-0.39, 0.29) is 5.91 Å². The second kappa shape index (κ2) is 8.42. The summed E-state index contributed by atoms with van der Waals surface area (Å²) in [6, 6.07) is 11.1. The van der Waals surface area contributed by atoms with Crippen molar-refractivity contribution in [3.8, 4) is 17.2 Å². The van der Waals surface area contributed by atoms with E-state index < -0.39 is 6.10 Å². The van der Waals surface area contributed by atoms with E-state index in [9.17, 15) is 4.79 Å². The van der Waals surface area contributed by atoms with Crippen molar-refractivity contribution in [3.63, 3.8) is 0 Å². The summed E-state index contributed by atoms with van der Waals surface area (Å²) in [5.74, 6) is 1.66. The van der Waals surface area contributed by atoms with Gasteiger partial charge in [-0.2, -0.15) is 0 Å². The van der Waals surface area contributed by atoms with Crippen LogP contribution in [0.15, 0.2) is 36.4 Å².